The molecule has 1 N–H and O–H groups in total. The monoisotopic (exact) mass is 286 g/mol. The Balaban J connectivity index is 2.15. The third-order valence-electron chi connectivity index (χ3n) is 2.33. The maximum absolute atomic E-state index is 10.6. The molecule has 1 unspecified atom stereocenters. The van der Waals surface area contributed by atoms with Crippen molar-refractivity contribution in [3.05, 3.63) is 16.5 Å². The van der Waals surface area contributed by atoms with E-state index in [1.54, 1.807) is 10.7 Å². The molecule has 0 spiro atoms. The first-order valence-corrected chi connectivity index (χ1v) is 6.49. The molecule has 0 aliphatic heterocycles. The fourth-order valence-corrected chi connectivity index (χ4v) is 2.63. The molecule has 0 aliphatic carbocycles. The van der Waals surface area contributed by atoms with Gasteiger partial charge >= 0.3 is 5.97 Å². The molecule has 1 atom stereocenters. The average Bonchev–Trinajstić information content (AvgIpc) is 2.85. The lowest BCUT2D eigenvalue weighted by atomic mass is 10.1. The number of carboxylic acids is 1. The minimum absolute atomic E-state index is 0.0415. The number of carbonyl (C=O) groups is 1. The van der Waals surface area contributed by atoms with Crippen molar-refractivity contribution in [1.82, 2.24) is 20.2 Å². The van der Waals surface area contributed by atoms with Gasteiger partial charge in [-0.25, -0.2) is 4.68 Å². The van der Waals surface area contributed by atoms with Gasteiger partial charge in [-0.1, -0.05) is 18.5 Å². The average molecular weight is 287 g/mol. The van der Waals surface area contributed by atoms with Gasteiger partial charge in [0.2, 0.25) is 0 Å². The Bertz CT molecular complexity index is 554. The predicted octanol–water partition coefficient (Wildman–Crippen LogP) is 2.17. The summed E-state index contributed by atoms with van der Waals surface area (Å²) in [6.07, 6.45) is 0.0878. The van der Waals surface area contributed by atoms with Gasteiger partial charge in [-0.05, 0) is 28.5 Å². The lowest BCUT2D eigenvalue weighted by molar-refractivity contribution is -0.138. The number of thiophene rings is 1. The van der Waals surface area contributed by atoms with Crippen LogP contribution in [-0.4, -0.2) is 31.3 Å². The molecule has 6 nitrogen and oxygen atoms in total. The highest BCUT2D eigenvalue weighted by Gasteiger charge is 2.15. The van der Waals surface area contributed by atoms with E-state index >= 15 is 0 Å². The van der Waals surface area contributed by atoms with Gasteiger partial charge < -0.3 is 5.11 Å². The van der Waals surface area contributed by atoms with Gasteiger partial charge in [0.15, 0.2) is 5.82 Å². The lowest BCUT2D eigenvalue weighted by Gasteiger charge is -2.08. The topological polar surface area (TPSA) is 80.9 Å². The second kappa shape index (κ2) is 5.45. The van der Waals surface area contributed by atoms with Crippen LogP contribution < -0.4 is 0 Å². The third-order valence-corrected chi connectivity index (χ3v) is 3.56. The summed E-state index contributed by atoms with van der Waals surface area (Å²) in [7, 11) is 0. The Morgan fingerprint density at radius 1 is 1.61 bits per heavy atom. The van der Waals surface area contributed by atoms with Crippen LogP contribution in [0, 0.1) is 5.92 Å². The van der Waals surface area contributed by atoms with Gasteiger partial charge in [0.25, 0.3) is 0 Å². The first-order chi connectivity index (χ1) is 8.56. The number of hydrogen-bond acceptors (Lipinski definition) is 5. The number of nitrogens with zero attached hydrogens (tertiary/aromatic N) is 4. The molecule has 0 saturated carbocycles. The van der Waals surface area contributed by atoms with Crippen LogP contribution >= 0.6 is 22.9 Å². The Kier molecular flexibility index (Phi) is 3.93. The maximum Gasteiger partial charge on any atom is 0.303 e. The molecule has 18 heavy (non-hydrogen) atoms. The normalized spacial score (nSPS) is 12.6. The van der Waals surface area contributed by atoms with Crippen LogP contribution in [0.3, 0.4) is 0 Å². The van der Waals surface area contributed by atoms with Crippen molar-refractivity contribution >= 4 is 28.9 Å². The summed E-state index contributed by atoms with van der Waals surface area (Å²) in [4.78, 5) is 11.5. The summed E-state index contributed by atoms with van der Waals surface area (Å²) >= 11 is 7.25. The Labute approximate surface area is 112 Å². The minimum atomic E-state index is -0.823. The summed E-state index contributed by atoms with van der Waals surface area (Å²) in [5.41, 5.74) is 0. The highest BCUT2D eigenvalue weighted by Crippen LogP contribution is 2.29. The van der Waals surface area contributed by atoms with E-state index < -0.39 is 5.97 Å². The molecule has 2 aromatic rings. The summed E-state index contributed by atoms with van der Waals surface area (Å²) in [6.45, 7) is 2.31. The molecule has 96 valence electrons. The number of tetrazole rings is 1. The molecular formula is C10H11ClN4O2S. The molecule has 0 saturated heterocycles. The predicted molar refractivity (Wildman–Crippen MR) is 67.6 cm³/mol. The molecule has 0 aliphatic rings. The molecule has 2 aromatic heterocycles. The summed E-state index contributed by atoms with van der Waals surface area (Å²) in [5, 5.41) is 20.2. The zero-order valence-corrected chi connectivity index (χ0v) is 11.1. The molecule has 0 bridgehead atoms. The molecule has 8 heteroatoms. The number of halogens is 1. The molecule has 0 fully saturated rings. The van der Waals surface area contributed by atoms with E-state index in [9.17, 15) is 4.79 Å². The molecule has 2 heterocycles. The second-order valence-corrected chi connectivity index (χ2v) is 5.71. The SMILES string of the molecule is CC(CC(=O)O)Cn1nnnc1-c1ccc(Cl)s1. The van der Waals surface area contributed by atoms with Crippen LogP contribution in [0.1, 0.15) is 13.3 Å². The summed E-state index contributed by atoms with van der Waals surface area (Å²) in [6, 6.07) is 3.62. The molecule has 0 radical (unpaired) electrons. The van der Waals surface area contributed by atoms with Crippen LogP contribution in [0.15, 0.2) is 12.1 Å². The summed E-state index contributed by atoms with van der Waals surface area (Å²) < 4.78 is 2.27. The fraction of sp³-hybridized carbons (Fsp3) is 0.400. The van der Waals surface area contributed by atoms with Crippen molar-refractivity contribution in [2.75, 3.05) is 0 Å². The Morgan fingerprint density at radius 2 is 2.39 bits per heavy atom. The van der Waals surface area contributed by atoms with Gasteiger partial charge in [0, 0.05) is 13.0 Å². The molecular weight excluding hydrogens is 276 g/mol. The smallest absolute Gasteiger partial charge is 0.303 e. The summed E-state index contributed by atoms with van der Waals surface area (Å²) in [5.74, 6) is -0.249. The van der Waals surface area contributed by atoms with Crippen molar-refractivity contribution in [2.24, 2.45) is 5.92 Å². The van der Waals surface area contributed by atoms with E-state index in [2.05, 4.69) is 15.5 Å². The van der Waals surface area contributed by atoms with E-state index in [-0.39, 0.29) is 12.3 Å². The van der Waals surface area contributed by atoms with Gasteiger partial charge in [-0.15, -0.1) is 16.4 Å². The maximum atomic E-state index is 10.6. The van der Waals surface area contributed by atoms with Crippen molar-refractivity contribution in [1.29, 1.82) is 0 Å². The van der Waals surface area contributed by atoms with Gasteiger partial charge in [0.05, 0.1) is 9.21 Å². The zero-order valence-electron chi connectivity index (χ0n) is 9.58. The van der Waals surface area contributed by atoms with Crippen molar-refractivity contribution < 1.29 is 9.90 Å². The van der Waals surface area contributed by atoms with Crippen molar-refractivity contribution in [3.8, 4) is 10.7 Å². The van der Waals surface area contributed by atoms with Gasteiger partial charge in [-0.3, -0.25) is 4.79 Å². The Morgan fingerprint density at radius 3 is 3.00 bits per heavy atom. The molecule has 0 aromatic carbocycles. The fourth-order valence-electron chi connectivity index (χ4n) is 1.60. The zero-order chi connectivity index (χ0) is 13.1. The van der Waals surface area contributed by atoms with Gasteiger partial charge in [-0.2, -0.15) is 0 Å². The number of hydrogen-bond donors (Lipinski definition) is 1. The van der Waals surface area contributed by atoms with Crippen molar-refractivity contribution in [3.63, 3.8) is 0 Å². The third kappa shape index (κ3) is 3.05. The van der Waals surface area contributed by atoms with Crippen LogP contribution in [0.4, 0.5) is 0 Å². The van der Waals surface area contributed by atoms with Crippen LogP contribution in [-0.2, 0) is 11.3 Å². The van der Waals surface area contributed by atoms with Crippen LogP contribution in [0.2, 0.25) is 4.34 Å². The largest absolute Gasteiger partial charge is 0.481 e. The number of aliphatic carboxylic acids is 1. The molecule has 0 amide bonds. The van der Waals surface area contributed by atoms with Gasteiger partial charge in [0.1, 0.15) is 0 Å². The van der Waals surface area contributed by atoms with E-state index in [0.717, 1.165) is 4.88 Å². The first kappa shape index (κ1) is 13.0. The number of carboxylic acid groups (broad SMARTS) is 1. The number of aromatic nitrogens is 4. The molecule has 2 rings (SSSR count). The number of rotatable bonds is 5. The highest BCUT2D eigenvalue weighted by atomic mass is 35.5. The van der Waals surface area contributed by atoms with E-state index in [4.69, 9.17) is 16.7 Å². The Hall–Kier alpha value is -1.47. The quantitative estimate of drug-likeness (QED) is 0.911. The van der Waals surface area contributed by atoms with Crippen molar-refractivity contribution in [2.45, 2.75) is 19.9 Å². The van der Waals surface area contributed by atoms with Crippen LogP contribution in [0.5, 0.6) is 0 Å². The standard InChI is InChI=1S/C10H11ClN4O2S/c1-6(4-9(16)17)5-15-10(12-13-14-15)7-2-3-8(11)18-7/h2-3,6H,4-5H2,1H3,(H,16,17). The minimum Gasteiger partial charge on any atom is -0.481 e. The lowest BCUT2D eigenvalue weighted by Crippen LogP contribution is -2.13. The van der Waals surface area contributed by atoms with Crippen LogP contribution in [0.25, 0.3) is 10.7 Å². The van der Waals surface area contributed by atoms with E-state index in [1.165, 1.54) is 11.3 Å². The first-order valence-electron chi connectivity index (χ1n) is 5.30. The second-order valence-electron chi connectivity index (χ2n) is 3.99. The van der Waals surface area contributed by atoms with E-state index in [1.807, 2.05) is 13.0 Å². The highest BCUT2D eigenvalue weighted by molar-refractivity contribution is 7.19. The van der Waals surface area contributed by atoms with E-state index in [0.29, 0.717) is 16.7 Å².